The second-order valence-corrected chi connectivity index (χ2v) is 7.58. The molecule has 30 heavy (non-hydrogen) atoms. The van der Waals surface area contributed by atoms with E-state index in [0.29, 0.717) is 29.2 Å². The Labute approximate surface area is 174 Å². The van der Waals surface area contributed by atoms with Gasteiger partial charge in [-0.05, 0) is 68.7 Å². The van der Waals surface area contributed by atoms with Crippen LogP contribution >= 0.6 is 0 Å². The van der Waals surface area contributed by atoms with Crippen LogP contribution in [0.2, 0.25) is 0 Å². The lowest BCUT2D eigenvalue weighted by atomic mass is 10.1. The third kappa shape index (κ3) is 4.25. The summed E-state index contributed by atoms with van der Waals surface area (Å²) in [5.74, 6) is -0.368. The Morgan fingerprint density at radius 1 is 1.13 bits per heavy atom. The topological polar surface area (TPSA) is 76.0 Å². The highest BCUT2D eigenvalue weighted by molar-refractivity contribution is 5.96. The predicted molar refractivity (Wildman–Crippen MR) is 112 cm³/mol. The number of anilines is 1. The number of aryl methyl sites for hydroxylation is 1. The van der Waals surface area contributed by atoms with Crippen LogP contribution in [0.4, 0.5) is 10.1 Å². The zero-order chi connectivity index (χ0) is 21.3. The van der Waals surface area contributed by atoms with Gasteiger partial charge in [-0.25, -0.2) is 9.07 Å². The Kier molecular flexibility index (Phi) is 5.35. The van der Waals surface area contributed by atoms with Crippen molar-refractivity contribution in [3.8, 4) is 5.69 Å². The number of halogens is 1. The van der Waals surface area contributed by atoms with E-state index in [0.717, 1.165) is 24.1 Å². The SMILES string of the molecule is Cc1nn(-c2ccc(F)cc2)c(C)c1C(=O)NCc1cccc(NC(=O)C2CC2)c1. The molecule has 0 spiro atoms. The van der Waals surface area contributed by atoms with Gasteiger partial charge >= 0.3 is 0 Å². The molecule has 1 saturated carbocycles. The molecule has 0 saturated heterocycles. The molecule has 1 aliphatic carbocycles. The molecule has 2 amide bonds. The number of aromatic nitrogens is 2. The maximum absolute atomic E-state index is 13.2. The van der Waals surface area contributed by atoms with Gasteiger partial charge in [0.05, 0.1) is 22.6 Å². The third-order valence-electron chi connectivity index (χ3n) is 5.19. The second-order valence-electron chi connectivity index (χ2n) is 7.58. The zero-order valence-electron chi connectivity index (χ0n) is 16.9. The van der Waals surface area contributed by atoms with E-state index in [1.54, 1.807) is 23.7 Å². The molecule has 1 aromatic heterocycles. The van der Waals surface area contributed by atoms with Crippen LogP contribution in [-0.4, -0.2) is 21.6 Å². The van der Waals surface area contributed by atoms with E-state index in [1.807, 2.05) is 31.2 Å². The highest BCUT2D eigenvalue weighted by atomic mass is 19.1. The first-order valence-corrected chi connectivity index (χ1v) is 9.92. The number of nitrogens with zero attached hydrogens (tertiary/aromatic N) is 2. The van der Waals surface area contributed by atoms with Crippen LogP contribution in [-0.2, 0) is 11.3 Å². The molecule has 154 valence electrons. The molecule has 1 aliphatic rings. The summed E-state index contributed by atoms with van der Waals surface area (Å²) in [6.45, 7) is 3.91. The first-order chi connectivity index (χ1) is 14.4. The molecule has 1 fully saturated rings. The first-order valence-electron chi connectivity index (χ1n) is 9.92. The summed E-state index contributed by atoms with van der Waals surface area (Å²) >= 11 is 0. The minimum atomic E-state index is -0.325. The van der Waals surface area contributed by atoms with Crippen molar-refractivity contribution in [2.45, 2.75) is 33.2 Å². The summed E-state index contributed by atoms with van der Waals surface area (Å²) in [7, 11) is 0. The summed E-state index contributed by atoms with van der Waals surface area (Å²) in [5, 5.41) is 10.3. The van der Waals surface area contributed by atoms with E-state index >= 15 is 0 Å². The molecule has 2 N–H and O–H groups in total. The van der Waals surface area contributed by atoms with Crippen LogP contribution in [0.25, 0.3) is 5.69 Å². The molecule has 1 heterocycles. The van der Waals surface area contributed by atoms with Crippen LogP contribution in [0.15, 0.2) is 48.5 Å². The van der Waals surface area contributed by atoms with Gasteiger partial charge in [0.1, 0.15) is 5.82 Å². The lowest BCUT2D eigenvalue weighted by Crippen LogP contribution is -2.24. The molecule has 4 rings (SSSR count). The highest BCUT2D eigenvalue weighted by Gasteiger charge is 2.29. The van der Waals surface area contributed by atoms with Gasteiger partial charge in [-0.2, -0.15) is 5.10 Å². The van der Waals surface area contributed by atoms with Crippen molar-refractivity contribution in [1.29, 1.82) is 0 Å². The maximum Gasteiger partial charge on any atom is 0.255 e. The molecule has 2 aromatic carbocycles. The van der Waals surface area contributed by atoms with Crippen LogP contribution in [0.1, 0.15) is 40.2 Å². The second kappa shape index (κ2) is 8.10. The van der Waals surface area contributed by atoms with E-state index in [4.69, 9.17) is 0 Å². The van der Waals surface area contributed by atoms with E-state index in [9.17, 15) is 14.0 Å². The minimum Gasteiger partial charge on any atom is -0.348 e. The first kappa shape index (κ1) is 19.8. The number of carbonyl (C=O) groups is 2. The normalized spacial score (nSPS) is 13.2. The molecule has 0 atom stereocenters. The number of nitrogens with one attached hydrogen (secondary N) is 2. The van der Waals surface area contributed by atoms with Crippen molar-refractivity contribution in [2.24, 2.45) is 5.92 Å². The zero-order valence-corrected chi connectivity index (χ0v) is 16.9. The molecule has 6 nitrogen and oxygen atoms in total. The van der Waals surface area contributed by atoms with Gasteiger partial charge < -0.3 is 10.6 Å². The summed E-state index contributed by atoms with van der Waals surface area (Å²) < 4.78 is 14.8. The minimum absolute atomic E-state index is 0.0515. The highest BCUT2D eigenvalue weighted by Crippen LogP contribution is 2.30. The fourth-order valence-electron chi connectivity index (χ4n) is 3.42. The van der Waals surface area contributed by atoms with Crippen LogP contribution < -0.4 is 10.6 Å². The van der Waals surface area contributed by atoms with E-state index in [2.05, 4.69) is 15.7 Å². The molecule has 0 bridgehead atoms. The van der Waals surface area contributed by atoms with Gasteiger partial charge in [0.15, 0.2) is 0 Å². The van der Waals surface area contributed by atoms with Crippen molar-refractivity contribution in [1.82, 2.24) is 15.1 Å². The lowest BCUT2D eigenvalue weighted by Gasteiger charge is -2.09. The van der Waals surface area contributed by atoms with Gasteiger partial charge in [0.25, 0.3) is 5.91 Å². The lowest BCUT2D eigenvalue weighted by molar-refractivity contribution is -0.117. The van der Waals surface area contributed by atoms with E-state index < -0.39 is 0 Å². The van der Waals surface area contributed by atoms with Crippen LogP contribution in [0.5, 0.6) is 0 Å². The summed E-state index contributed by atoms with van der Waals surface area (Å²) in [6, 6.07) is 13.4. The molecule has 0 unspecified atom stereocenters. The Balaban J connectivity index is 1.45. The smallest absolute Gasteiger partial charge is 0.255 e. The largest absolute Gasteiger partial charge is 0.348 e. The monoisotopic (exact) mass is 406 g/mol. The van der Waals surface area contributed by atoms with E-state index in [-0.39, 0.29) is 23.5 Å². The Morgan fingerprint density at radius 2 is 1.87 bits per heavy atom. The summed E-state index contributed by atoms with van der Waals surface area (Å²) in [6.07, 6.45) is 1.90. The average molecular weight is 406 g/mol. The van der Waals surface area contributed by atoms with Gasteiger partial charge in [-0.15, -0.1) is 0 Å². The van der Waals surface area contributed by atoms with Gasteiger partial charge in [0.2, 0.25) is 5.91 Å². The average Bonchev–Trinajstić information content (AvgIpc) is 3.53. The quantitative estimate of drug-likeness (QED) is 0.652. The number of carbonyl (C=O) groups excluding carboxylic acids is 2. The van der Waals surface area contributed by atoms with Crippen LogP contribution in [0, 0.1) is 25.6 Å². The number of amides is 2. The Morgan fingerprint density at radius 3 is 2.57 bits per heavy atom. The predicted octanol–water partition coefficient (Wildman–Crippen LogP) is 3.91. The van der Waals surface area contributed by atoms with Crippen molar-refractivity contribution in [2.75, 3.05) is 5.32 Å². The third-order valence-corrected chi connectivity index (χ3v) is 5.19. The Hall–Kier alpha value is -3.48. The molecule has 0 radical (unpaired) electrons. The fraction of sp³-hybridized carbons (Fsp3) is 0.261. The number of rotatable bonds is 6. The number of hydrogen-bond acceptors (Lipinski definition) is 3. The van der Waals surface area contributed by atoms with Crippen molar-refractivity contribution in [3.05, 3.63) is 76.9 Å². The summed E-state index contributed by atoms with van der Waals surface area (Å²) in [4.78, 5) is 24.8. The number of benzene rings is 2. The van der Waals surface area contributed by atoms with Gasteiger partial charge in [0, 0.05) is 18.2 Å². The van der Waals surface area contributed by atoms with Gasteiger partial charge in [-0.3, -0.25) is 9.59 Å². The molecule has 0 aliphatic heterocycles. The van der Waals surface area contributed by atoms with Crippen molar-refractivity contribution in [3.63, 3.8) is 0 Å². The molecular weight excluding hydrogens is 383 g/mol. The van der Waals surface area contributed by atoms with E-state index in [1.165, 1.54) is 12.1 Å². The van der Waals surface area contributed by atoms with Crippen molar-refractivity contribution >= 4 is 17.5 Å². The Bertz CT molecular complexity index is 1100. The molecule has 3 aromatic rings. The van der Waals surface area contributed by atoms with Gasteiger partial charge in [-0.1, -0.05) is 12.1 Å². The van der Waals surface area contributed by atoms with Crippen LogP contribution in [0.3, 0.4) is 0 Å². The fourth-order valence-corrected chi connectivity index (χ4v) is 3.42. The van der Waals surface area contributed by atoms with Crippen molar-refractivity contribution < 1.29 is 14.0 Å². The molecular formula is C23H23FN4O2. The molecule has 7 heteroatoms. The number of hydrogen-bond donors (Lipinski definition) is 2. The summed E-state index contributed by atoms with van der Waals surface area (Å²) in [5.41, 5.74) is 4.09. The maximum atomic E-state index is 13.2. The standard InChI is InChI=1S/C23H23FN4O2/c1-14-21(15(2)28(27-14)20-10-8-18(24)9-11-20)23(30)25-13-16-4-3-5-19(12-16)26-22(29)17-6-7-17/h3-5,8-12,17H,6-7,13H2,1-2H3,(H,25,30)(H,26,29).